The molecule has 2 amide bonds. The summed E-state index contributed by atoms with van der Waals surface area (Å²) in [5.74, 6) is -2.82. The lowest BCUT2D eigenvalue weighted by molar-refractivity contribution is 0.0953. The number of nitrogens with two attached hydrogens (primary N) is 1. The maximum Gasteiger partial charge on any atom is 0.261 e. The first-order chi connectivity index (χ1) is 22.4. The number of hydrogen-bond acceptors (Lipinski definition) is 7. The molecule has 0 radical (unpaired) electrons. The normalized spacial score (nSPS) is 13.6. The quantitative estimate of drug-likeness (QED) is 0.156. The Hall–Kier alpha value is -4.84. The number of pyridine rings is 1. The Balaban J connectivity index is 1.47. The number of primary amides is 1. The minimum absolute atomic E-state index is 0.0221. The number of rotatable bonds is 11. The van der Waals surface area contributed by atoms with E-state index < -0.39 is 23.4 Å². The van der Waals surface area contributed by atoms with Crippen LogP contribution < -0.4 is 11.1 Å². The second-order valence-electron chi connectivity index (χ2n) is 12.3. The lowest BCUT2D eigenvalue weighted by Crippen LogP contribution is -2.22. The minimum atomic E-state index is -1.00. The van der Waals surface area contributed by atoms with Crippen LogP contribution in [-0.2, 0) is 24.8 Å². The maximum atomic E-state index is 13.8. The van der Waals surface area contributed by atoms with Crippen molar-refractivity contribution in [2.24, 2.45) is 11.7 Å². The van der Waals surface area contributed by atoms with Gasteiger partial charge in [-0.15, -0.1) is 21.5 Å². The molecule has 47 heavy (non-hydrogen) atoms. The topological polar surface area (TPSA) is 124 Å². The fourth-order valence-electron chi connectivity index (χ4n) is 5.85. The molecule has 3 N–H and O–H groups in total. The van der Waals surface area contributed by atoms with Crippen LogP contribution in [0.4, 0.5) is 13.2 Å². The fraction of sp³-hybridized carbons (Fsp3) is 0.286. The van der Waals surface area contributed by atoms with E-state index in [1.54, 1.807) is 31.2 Å². The van der Waals surface area contributed by atoms with Crippen molar-refractivity contribution in [2.75, 3.05) is 0 Å². The van der Waals surface area contributed by atoms with Gasteiger partial charge in [-0.3, -0.25) is 14.6 Å². The summed E-state index contributed by atoms with van der Waals surface area (Å²) in [5.41, 5.74) is 9.39. The lowest BCUT2D eigenvalue weighted by atomic mass is 9.86. The van der Waals surface area contributed by atoms with Gasteiger partial charge in [-0.1, -0.05) is 32.0 Å². The molecule has 0 unspecified atom stereocenters. The molecule has 12 heteroatoms. The highest BCUT2D eigenvalue weighted by Crippen LogP contribution is 2.52. The van der Waals surface area contributed by atoms with Gasteiger partial charge in [0.1, 0.15) is 5.82 Å². The van der Waals surface area contributed by atoms with E-state index in [-0.39, 0.29) is 35.1 Å². The Morgan fingerprint density at radius 3 is 2.34 bits per heavy atom. The molecule has 3 heterocycles. The van der Waals surface area contributed by atoms with Gasteiger partial charge in [-0.2, -0.15) is 0 Å². The van der Waals surface area contributed by atoms with E-state index in [0.29, 0.717) is 56.6 Å². The predicted molar refractivity (Wildman–Crippen MR) is 171 cm³/mol. The van der Waals surface area contributed by atoms with E-state index in [9.17, 15) is 22.8 Å². The molecule has 6 rings (SSSR count). The lowest BCUT2D eigenvalue weighted by Gasteiger charge is -2.22. The molecule has 0 bridgehead atoms. The number of aryl methyl sites for hydroxylation is 1. The summed E-state index contributed by atoms with van der Waals surface area (Å²) in [4.78, 5) is 32.4. The van der Waals surface area contributed by atoms with E-state index in [4.69, 9.17) is 15.1 Å². The number of nitrogens with zero attached hydrogens (tertiary/aromatic N) is 3. The summed E-state index contributed by atoms with van der Waals surface area (Å²) in [7, 11) is 0. The SMILES string of the molecule is Cc1nnc(-c2c(CC3(c4ccc(F)cc4)CC3)nc(CC(C)C)c(C(N)=O)c2-c2ccc(C(=O)NCc3ccc(F)c(F)c3)s2)o1. The van der Waals surface area contributed by atoms with Gasteiger partial charge in [0, 0.05) is 35.7 Å². The second-order valence-corrected chi connectivity index (χ2v) is 13.4. The molecule has 0 saturated heterocycles. The molecule has 8 nitrogen and oxygen atoms in total. The summed E-state index contributed by atoms with van der Waals surface area (Å²) < 4.78 is 46.8. The first-order valence-corrected chi connectivity index (χ1v) is 16.0. The van der Waals surface area contributed by atoms with Crippen molar-refractivity contribution in [3.63, 3.8) is 0 Å². The third-order valence-corrected chi connectivity index (χ3v) is 9.37. The van der Waals surface area contributed by atoms with Crippen molar-refractivity contribution in [2.45, 2.75) is 58.4 Å². The summed E-state index contributed by atoms with van der Waals surface area (Å²) in [6.07, 6.45) is 2.63. The fourth-order valence-corrected chi connectivity index (χ4v) is 6.83. The molecule has 1 fully saturated rings. The van der Waals surface area contributed by atoms with Crippen molar-refractivity contribution in [3.05, 3.63) is 111 Å². The zero-order chi connectivity index (χ0) is 33.5. The van der Waals surface area contributed by atoms with Gasteiger partial charge in [0.2, 0.25) is 11.8 Å². The van der Waals surface area contributed by atoms with Crippen LogP contribution in [0.5, 0.6) is 0 Å². The third kappa shape index (κ3) is 6.69. The number of carbonyl (C=O) groups is 2. The highest BCUT2D eigenvalue weighted by molar-refractivity contribution is 7.17. The van der Waals surface area contributed by atoms with E-state index in [0.717, 1.165) is 41.9 Å². The van der Waals surface area contributed by atoms with Gasteiger partial charge >= 0.3 is 0 Å². The molecular weight excluding hydrogens is 627 g/mol. The monoisotopic (exact) mass is 659 g/mol. The molecule has 1 saturated carbocycles. The number of amides is 2. The molecule has 3 aromatic heterocycles. The Morgan fingerprint density at radius 2 is 1.72 bits per heavy atom. The van der Waals surface area contributed by atoms with Crippen molar-refractivity contribution >= 4 is 23.2 Å². The molecule has 0 aliphatic heterocycles. The summed E-state index contributed by atoms with van der Waals surface area (Å²) in [6.45, 7) is 5.67. The first-order valence-electron chi connectivity index (χ1n) is 15.2. The van der Waals surface area contributed by atoms with Gasteiger partial charge in [-0.05, 0) is 72.7 Å². The Kier molecular flexibility index (Phi) is 8.71. The van der Waals surface area contributed by atoms with Crippen LogP contribution in [-0.4, -0.2) is 27.0 Å². The number of hydrogen-bond donors (Lipinski definition) is 2. The van der Waals surface area contributed by atoms with Gasteiger partial charge in [0.05, 0.1) is 27.4 Å². The van der Waals surface area contributed by atoms with Gasteiger partial charge in [0.15, 0.2) is 11.6 Å². The largest absolute Gasteiger partial charge is 0.421 e. The molecule has 0 atom stereocenters. The van der Waals surface area contributed by atoms with Crippen LogP contribution in [0, 0.1) is 30.3 Å². The number of benzene rings is 2. The maximum absolute atomic E-state index is 13.8. The van der Waals surface area contributed by atoms with E-state index in [1.165, 1.54) is 18.2 Å². The minimum Gasteiger partial charge on any atom is -0.421 e. The first kappa shape index (κ1) is 32.1. The van der Waals surface area contributed by atoms with Crippen LogP contribution in [0.2, 0.25) is 0 Å². The van der Waals surface area contributed by atoms with Crippen molar-refractivity contribution in [1.29, 1.82) is 0 Å². The van der Waals surface area contributed by atoms with Gasteiger partial charge in [0.25, 0.3) is 11.8 Å². The third-order valence-electron chi connectivity index (χ3n) is 8.26. The van der Waals surface area contributed by atoms with Gasteiger partial charge < -0.3 is 15.5 Å². The summed E-state index contributed by atoms with van der Waals surface area (Å²) in [6, 6.07) is 13.2. The number of thiophene rings is 1. The average Bonchev–Trinajstić information content (AvgIpc) is 3.40. The van der Waals surface area contributed by atoms with Crippen molar-refractivity contribution < 1.29 is 27.2 Å². The average molecular weight is 660 g/mol. The number of nitrogens with one attached hydrogen (secondary N) is 1. The smallest absolute Gasteiger partial charge is 0.261 e. The summed E-state index contributed by atoms with van der Waals surface area (Å²) in [5, 5.41) is 11.1. The van der Waals surface area contributed by atoms with Crippen LogP contribution in [0.15, 0.2) is 59.0 Å². The highest BCUT2D eigenvalue weighted by Gasteiger charge is 2.46. The molecule has 2 aromatic carbocycles. The van der Waals surface area contributed by atoms with Gasteiger partial charge in [-0.25, -0.2) is 13.2 Å². The van der Waals surface area contributed by atoms with Crippen molar-refractivity contribution in [1.82, 2.24) is 20.5 Å². The van der Waals surface area contributed by atoms with Crippen molar-refractivity contribution in [3.8, 4) is 21.9 Å². The number of halogens is 3. The number of aromatic nitrogens is 3. The van der Waals surface area contributed by atoms with E-state index in [1.807, 2.05) is 13.8 Å². The molecule has 1 aliphatic rings. The molecule has 1 aliphatic carbocycles. The molecule has 5 aromatic rings. The zero-order valence-corrected chi connectivity index (χ0v) is 26.8. The Labute approximate surface area is 273 Å². The van der Waals surface area contributed by atoms with Crippen LogP contribution in [0.1, 0.15) is 75.1 Å². The van der Waals surface area contributed by atoms with Crippen LogP contribution in [0.25, 0.3) is 21.9 Å². The second kappa shape index (κ2) is 12.7. The predicted octanol–water partition coefficient (Wildman–Crippen LogP) is 7.09. The van der Waals surface area contributed by atoms with Crippen LogP contribution >= 0.6 is 11.3 Å². The molecular formula is C35H32F3N5O3S. The number of carbonyl (C=O) groups excluding carboxylic acids is 2. The highest BCUT2D eigenvalue weighted by atomic mass is 32.1. The molecule has 242 valence electrons. The Bertz CT molecular complexity index is 1980. The summed E-state index contributed by atoms with van der Waals surface area (Å²) >= 11 is 1.14. The standard InChI is InChI=1S/C35H32F3N5O3S/c1-18(2)14-25-29(32(39)44)31(27-10-11-28(47-27)33(45)40-17-20-4-9-23(37)24(38)15-20)30(34-43-42-19(3)46-34)26(41-25)16-35(12-13-35)21-5-7-22(36)8-6-21/h4-11,15,18H,12-14,16-17H2,1-3H3,(H2,39,44)(H,40,45). The Morgan fingerprint density at radius 1 is 0.979 bits per heavy atom. The molecule has 0 spiro atoms. The van der Waals surface area contributed by atoms with E-state index >= 15 is 0 Å². The van der Waals surface area contributed by atoms with Crippen LogP contribution in [0.3, 0.4) is 0 Å². The van der Waals surface area contributed by atoms with E-state index in [2.05, 4.69) is 15.5 Å². The zero-order valence-electron chi connectivity index (χ0n) is 26.0.